The highest BCUT2D eigenvalue weighted by Crippen LogP contribution is 2.33. The predicted molar refractivity (Wildman–Crippen MR) is 122 cm³/mol. The van der Waals surface area contributed by atoms with Crippen LogP contribution in [0.2, 0.25) is 0 Å². The van der Waals surface area contributed by atoms with Crippen molar-refractivity contribution < 1.29 is 9.53 Å². The van der Waals surface area contributed by atoms with Gasteiger partial charge in [0.05, 0.1) is 13.2 Å². The average Bonchev–Trinajstić information content (AvgIpc) is 2.77. The lowest BCUT2D eigenvalue weighted by molar-refractivity contribution is 0.0773. The molecule has 1 heterocycles. The fourth-order valence-electron chi connectivity index (χ4n) is 4.30. The normalized spacial score (nSPS) is 20.6. The Morgan fingerprint density at radius 1 is 1.13 bits per heavy atom. The third kappa shape index (κ3) is 4.85. The molecule has 0 bridgehead atoms. The summed E-state index contributed by atoms with van der Waals surface area (Å²) in [4.78, 5) is 17.1. The van der Waals surface area contributed by atoms with Gasteiger partial charge < -0.3 is 15.0 Å². The molecule has 0 aromatic heterocycles. The van der Waals surface area contributed by atoms with Gasteiger partial charge in [0.25, 0.3) is 5.91 Å². The summed E-state index contributed by atoms with van der Waals surface area (Å²) in [6.07, 6.45) is 0. The van der Waals surface area contributed by atoms with Gasteiger partial charge in [-0.15, -0.1) is 0 Å². The van der Waals surface area contributed by atoms with E-state index in [1.807, 2.05) is 36.9 Å². The molecule has 0 unspecified atom stereocenters. The Balaban J connectivity index is 1.98. The first-order valence-electron chi connectivity index (χ1n) is 11.0. The molecule has 2 aromatic carbocycles. The van der Waals surface area contributed by atoms with E-state index in [0.717, 1.165) is 37.5 Å². The van der Waals surface area contributed by atoms with E-state index in [1.54, 1.807) is 7.11 Å². The second-order valence-corrected chi connectivity index (χ2v) is 8.13. The Kier molecular flexibility index (Phi) is 7.51. The summed E-state index contributed by atoms with van der Waals surface area (Å²) in [7, 11) is 1.71. The number of nitrogens with one attached hydrogen (secondary N) is 1. The van der Waals surface area contributed by atoms with Crippen LogP contribution in [0.5, 0.6) is 5.75 Å². The Labute approximate surface area is 181 Å². The second kappa shape index (κ2) is 10.1. The molecule has 2 aromatic rings. The van der Waals surface area contributed by atoms with Crippen molar-refractivity contribution >= 4 is 5.91 Å². The van der Waals surface area contributed by atoms with Crippen molar-refractivity contribution in [2.24, 2.45) is 0 Å². The zero-order valence-corrected chi connectivity index (χ0v) is 18.9. The summed E-state index contributed by atoms with van der Waals surface area (Å²) < 4.78 is 5.50. The smallest absolute Gasteiger partial charge is 0.253 e. The third-order valence-electron chi connectivity index (χ3n) is 6.08. The van der Waals surface area contributed by atoms with Gasteiger partial charge in [0.2, 0.25) is 0 Å². The van der Waals surface area contributed by atoms with Gasteiger partial charge in [-0.05, 0) is 63.1 Å². The van der Waals surface area contributed by atoms with Gasteiger partial charge >= 0.3 is 0 Å². The highest BCUT2D eigenvalue weighted by atomic mass is 16.5. The summed E-state index contributed by atoms with van der Waals surface area (Å²) in [5.41, 5.74) is 3.15. The van der Waals surface area contributed by atoms with Crippen LogP contribution in [0.3, 0.4) is 0 Å². The van der Waals surface area contributed by atoms with Crippen molar-refractivity contribution in [2.75, 3.05) is 33.3 Å². The summed E-state index contributed by atoms with van der Waals surface area (Å²) in [5.74, 6) is 0.954. The number of hydrogen-bond acceptors (Lipinski definition) is 4. The lowest BCUT2D eigenvalue weighted by Crippen LogP contribution is -2.55. The molecule has 0 aliphatic carbocycles. The lowest BCUT2D eigenvalue weighted by Gasteiger charge is -2.43. The number of piperazine rings is 1. The van der Waals surface area contributed by atoms with Gasteiger partial charge in [0.1, 0.15) is 5.75 Å². The maximum atomic E-state index is 12.7. The molecule has 1 N–H and O–H groups in total. The molecule has 1 aliphatic heterocycles. The predicted octanol–water partition coefficient (Wildman–Crippen LogP) is 3.95. The van der Waals surface area contributed by atoms with E-state index in [-0.39, 0.29) is 11.9 Å². The van der Waals surface area contributed by atoms with Gasteiger partial charge in [-0.25, -0.2) is 0 Å². The summed E-state index contributed by atoms with van der Waals surface area (Å²) in [6.45, 7) is 11.9. The van der Waals surface area contributed by atoms with Gasteiger partial charge in [0.15, 0.2) is 0 Å². The van der Waals surface area contributed by atoms with Crippen LogP contribution < -0.4 is 10.1 Å². The highest BCUT2D eigenvalue weighted by Gasteiger charge is 2.31. The minimum Gasteiger partial charge on any atom is -0.497 e. The molecule has 1 fully saturated rings. The van der Waals surface area contributed by atoms with Crippen molar-refractivity contribution in [3.63, 3.8) is 0 Å². The standard InChI is InChI=1S/C25H35N3O2/c1-6-27(7-2)25(29)21-13-11-20(12-14-21)24(22-9-8-10-23(15-22)30-5)28-17-18(3)26-16-19(28)4/h8-15,18-19,24,26H,6-7,16-17H2,1-5H3/t18-,19+,24-/m0/s1. The van der Waals surface area contributed by atoms with E-state index in [0.29, 0.717) is 12.1 Å². The van der Waals surface area contributed by atoms with Gasteiger partial charge in [-0.3, -0.25) is 9.69 Å². The molecule has 30 heavy (non-hydrogen) atoms. The summed E-state index contributed by atoms with van der Waals surface area (Å²) >= 11 is 0. The molecular formula is C25H35N3O2. The molecule has 162 valence electrons. The average molecular weight is 410 g/mol. The Hall–Kier alpha value is -2.37. The molecule has 0 radical (unpaired) electrons. The van der Waals surface area contributed by atoms with Gasteiger partial charge in [0, 0.05) is 43.8 Å². The van der Waals surface area contributed by atoms with Crippen LogP contribution in [0.1, 0.15) is 55.2 Å². The molecule has 1 aliphatic rings. The van der Waals surface area contributed by atoms with Crippen molar-refractivity contribution in [3.8, 4) is 5.75 Å². The first-order valence-corrected chi connectivity index (χ1v) is 11.0. The second-order valence-electron chi connectivity index (χ2n) is 8.13. The van der Waals surface area contributed by atoms with E-state index >= 15 is 0 Å². The number of amides is 1. The number of rotatable bonds is 7. The molecule has 1 amide bonds. The van der Waals surface area contributed by atoms with Gasteiger partial charge in [-0.1, -0.05) is 24.3 Å². The van der Waals surface area contributed by atoms with E-state index in [1.165, 1.54) is 11.1 Å². The summed E-state index contributed by atoms with van der Waals surface area (Å²) in [6, 6.07) is 17.4. The number of hydrogen-bond donors (Lipinski definition) is 1. The quantitative estimate of drug-likeness (QED) is 0.752. The van der Waals surface area contributed by atoms with Crippen molar-refractivity contribution in [2.45, 2.75) is 45.8 Å². The minimum absolute atomic E-state index is 0.0913. The molecule has 1 saturated heterocycles. The van der Waals surface area contributed by atoms with Crippen molar-refractivity contribution in [1.29, 1.82) is 0 Å². The number of benzene rings is 2. The van der Waals surface area contributed by atoms with E-state index in [9.17, 15) is 4.79 Å². The Bertz CT molecular complexity index is 833. The zero-order valence-electron chi connectivity index (χ0n) is 18.9. The number of carbonyl (C=O) groups excluding carboxylic acids is 1. The fraction of sp³-hybridized carbons (Fsp3) is 0.480. The monoisotopic (exact) mass is 409 g/mol. The highest BCUT2D eigenvalue weighted by molar-refractivity contribution is 5.94. The molecule has 3 rings (SSSR count). The van der Waals surface area contributed by atoms with Crippen LogP contribution in [-0.2, 0) is 0 Å². The van der Waals surface area contributed by atoms with Gasteiger partial charge in [-0.2, -0.15) is 0 Å². The maximum Gasteiger partial charge on any atom is 0.253 e. The minimum atomic E-state index is 0.0913. The molecule has 0 saturated carbocycles. The fourth-order valence-corrected chi connectivity index (χ4v) is 4.30. The number of ether oxygens (including phenoxy) is 1. The van der Waals surface area contributed by atoms with Crippen LogP contribution in [0.25, 0.3) is 0 Å². The molecule has 5 heteroatoms. The number of nitrogens with zero attached hydrogens (tertiary/aromatic N) is 2. The maximum absolute atomic E-state index is 12.7. The molecule has 5 nitrogen and oxygen atoms in total. The SMILES string of the molecule is CCN(CC)C(=O)c1ccc([C@@H](c2cccc(OC)c2)N2C[C@H](C)NC[C@H]2C)cc1. The Morgan fingerprint density at radius 3 is 2.47 bits per heavy atom. The van der Waals surface area contributed by atoms with Crippen LogP contribution in [0.15, 0.2) is 48.5 Å². The van der Waals surface area contributed by atoms with Crippen LogP contribution in [-0.4, -0.2) is 61.1 Å². The van der Waals surface area contributed by atoms with Crippen molar-refractivity contribution in [1.82, 2.24) is 15.1 Å². The summed E-state index contributed by atoms with van der Waals surface area (Å²) in [5, 5.41) is 3.57. The first kappa shape index (κ1) is 22.3. The molecular weight excluding hydrogens is 374 g/mol. The molecule has 3 atom stereocenters. The third-order valence-corrected chi connectivity index (χ3v) is 6.08. The van der Waals surface area contributed by atoms with E-state index in [4.69, 9.17) is 4.74 Å². The van der Waals surface area contributed by atoms with Crippen LogP contribution in [0.4, 0.5) is 0 Å². The molecule has 0 spiro atoms. The number of methoxy groups -OCH3 is 1. The first-order chi connectivity index (χ1) is 14.5. The zero-order chi connectivity index (χ0) is 21.7. The number of carbonyl (C=O) groups is 1. The largest absolute Gasteiger partial charge is 0.497 e. The van der Waals surface area contributed by atoms with E-state index < -0.39 is 0 Å². The van der Waals surface area contributed by atoms with Crippen LogP contribution >= 0.6 is 0 Å². The van der Waals surface area contributed by atoms with Crippen molar-refractivity contribution in [3.05, 3.63) is 65.2 Å². The topological polar surface area (TPSA) is 44.8 Å². The lowest BCUT2D eigenvalue weighted by atomic mass is 9.93. The Morgan fingerprint density at radius 2 is 1.83 bits per heavy atom. The van der Waals surface area contributed by atoms with Crippen LogP contribution in [0, 0.1) is 0 Å². The van der Waals surface area contributed by atoms with E-state index in [2.05, 4.69) is 54.4 Å².